The molecule has 27 heavy (non-hydrogen) atoms. The molecule has 0 saturated heterocycles. The fourth-order valence-corrected chi connectivity index (χ4v) is 4.42. The highest BCUT2D eigenvalue weighted by Gasteiger charge is 2.23. The summed E-state index contributed by atoms with van der Waals surface area (Å²) in [6.45, 7) is 5.36. The van der Waals surface area contributed by atoms with Crippen LogP contribution in [-0.4, -0.2) is 23.9 Å². The van der Waals surface area contributed by atoms with E-state index in [0.29, 0.717) is 12.0 Å². The van der Waals surface area contributed by atoms with Crippen LogP contribution in [0.3, 0.4) is 0 Å². The average molecular weight is 383 g/mol. The van der Waals surface area contributed by atoms with Gasteiger partial charge in [-0.05, 0) is 80.3 Å². The number of nitrogens with zero attached hydrogens (tertiary/aromatic N) is 1. The molecule has 1 fully saturated rings. The number of aliphatic imine (C=N–C) groups is 1. The molecular weight excluding hydrogens is 352 g/mol. The highest BCUT2D eigenvalue weighted by atomic mass is 32.1. The topological polar surface area (TPSA) is 66.2 Å². The molecule has 0 atom stereocenters. The van der Waals surface area contributed by atoms with Crippen LogP contribution in [0.25, 0.3) is 10.9 Å². The molecule has 1 aliphatic rings. The van der Waals surface area contributed by atoms with Gasteiger partial charge in [-0.15, -0.1) is 11.3 Å². The van der Waals surface area contributed by atoms with Gasteiger partial charge in [0.2, 0.25) is 0 Å². The van der Waals surface area contributed by atoms with Crippen LogP contribution >= 0.6 is 11.3 Å². The van der Waals surface area contributed by atoms with E-state index in [0.717, 1.165) is 12.2 Å². The normalized spacial score (nSPS) is 19.9. The van der Waals surface area contributed by atoms with E-state index in [2.05, 4.69) is 65.0 Å². The molecule has 0 radical (unpaired) electrons. The zero-order valence-corrected chi connectivity index (χ0v) is 17.1. The molecule has 4 nitrogen and oxygen atoms in total. The van der Waals surface area contributed by atoms with Gasteiger partial charge < -0.3 is 16.0 Å². The van der Waals surface area contributed by atoms with Crippen LogP contribution in [0.4, 0.5) is 5.69 Å². The minimum absolute atomic E-state index is 0.658. The monoisotopic (exact) mass is 382 g/mol. The molecule has 2 heterocycles. The molecule has 0 bridgehead atoms. The van der Waals surface area contributed by atoms with E-state index in [9.17, 15) is 0 Å². The number of aromatic nitrogens is 1. The van der Waals surface area contributed by atoms with Crippen molar-refractivity contribution in [3.63, 3.8) is 0 Å². The highest BCUT2D eigenvalue weighted by molar-refractivity contribution is 7.09. The molecule has 3 aromatic rings. The van der Waals surface area contributed by atoms with E-state index in [1.807, 2.05) is 6.07 Å². The second kappa shape index (κ2) is 9.72. The van der Waals surface area contributed by atoms with Gasteiger partial charge in [-0.3, -0.25) is 0 Å². The third kappa shape index (κ3) is 5.21. The number of fused-ring (bicyclic) bond motifs is 1. The number of aryl methyl sites for hydroxylation is 1. The summed E-state index contributed by atoms with van der Waals surface area (Å²) in [7, 11) is 0. The fraction of sp³-hybridized carbons (Fsp3) is 0.409. The van der Waals surface area contributed by atoms with Crippen molar-refractivity contribution in [1.82, 2.24) is 10.3 Å². The van der Waals surface area contributed by atoms with Gasteiger partial charge in [-0.25, -0.2) is 4.99 Å². The van der Waals surface area contributed by atoms with E-state index in [4.69, 9.17) is 5.73 Å². The maximum Gasteiger partial charge on any atom is 0.0860 e. The number of rotatable bonds is 4. The predicted molar refractivity (Wildman–Crippen MR) is 118 cm³/mol. The van der Waals surface area contributed by atoms with Crippen LogP contribution in [-0.2, 0) is 0 Å². The minimum atomic E-state index is 0.658. The first kappa shape index (κ1) is 19.6. The number of hydrogen-bond acceptors (Lipinski definition) is 3. The molecule has 0 aliphatic heterocycles. The maximum absolute atomic E-state index is 5.40. The molecule has 0 spiro atoms. The Morgan fingerprint density at radius 2 is 2.07 bits per heavy atom. The zero-order valence-electron chi connectivity index (χ0n) is 16.2. The minimum Gasteiger partial charge on any atom is -0.390 e. The van der Waals surface area contributed by atoms with E-state index in [-0.39, 0.29) is 0 Å². The second-order valence-electron chi connectivity index (χ2n) is 7.08. The van der Waals surface area contributed by atoms with Gasteiger partial charge in [0.1, 0.15) is 0 Å². The van der Waals surface area contributed by atoms with Crippen LogP contribution in [0.5, 0.6) is 0 Å². The number of nitrogens with one attached hydrogen (secondary N) is 2. The lowest BCUT2D eigenvalue weighted by Gasteiger charge is -2.28. The van der Waals surface area contributed by atoms with Gasteiger partial charge in [0.25, 0.3) is 0 Å². The fourth-order valence-electron chi connectivity index (χ4n) is 3.89. The lowest BCUT2D eigenvalue weighted by atomic mass is 9.81. The molecule has 144 valence electrons. The van der Waals surface area contributed by atoms with Gasteiger partial charge in [0, 0.05) is 28.0 Å². The van der Waals surface area contributed by atoms with E-state index in [1.165, 1.54) is 53.4 Å². The summed E-state index contributed by atoms with van der Waals surface area (Å²) in [4.78, 5) is 8.96. The van der Waals surface area contributed by atoms with Crippen LogP contribution in [0.2, 0.25) is 0 Å². The summed E-state index contributed by atoms with van der Waals surface area (Å²) in [6.07, 6.45) is 8.59. The van der Waals surface area contributed by atoms with Crippen LogP contribution in [0.1, 0.15) is 49.0 Å². The SMILES string of the molecule is CCNC1CCC(c2c[nH]c3ccc(N=CN)cc23)CC1.Cc1cccs1. The first-order chi connectivity index (χ1) is 13.2. The van der Waals surface area contributed by atoms with E-state index >= 15 is 0 Å². The Balaban J connectivity index is 0.000000299. The van der Waals surface area contributed by atoms with Crippen molar-refractivity contribution in [2.24, 2.45) is 10.7 Å². The molecular formula is C22H30N4S. The molecule has 4 N–H and O–H groups in total. The Morgan fingerprint density at radius 3 is 2.67 bits per heavy atom. The number of aromatic amines is 1. The number of thiophene rings is 1. The number of H-pyrrole nitrogens is 1. The first-order valence-corrected chi connectivity index (χ1v) is 10.7. The van der Waals surface area contributed by atoms with Gasteiger partial charge in [-0.1, -0.05) is 13.0 Å². The van der Waals surface area contributed by atoms with Crippen LogP contribution in [0.15, 0.2) is 46.9 Å². The average Bonchev–Trinajstić information content (AvgIpc) is 3.32. The van der Waals surface area contributed by atoms with Crippen LogP contribution < -0.4 is 11.1 Å². The Kier molecular flexibility index (Phi) is 7.07. The Labute approximate surface area is 165 Å². The summed E-state index contributed by atoms with van der Waals surface area (Å²) < 4.78 is 0. The summed E-state index contributed by atoms with van der Waals surface area (Å²) >= 11 is 1.78. The summed E-state index contributed by atoms with van der Waals surface area (Å²) in [5.74, 6) is 0.658. The maximum atomic E-state index is 5.40. The summed E-state index contributed by atoms with van der Waals surface area (Å²) in [5, 5.41) is 6.95. The molecule has 0 unspecified atom stereocenters. The van der Waals surface area contributed by atoms with Crippen molar-refractivity contribution in [3.05, 3.63) is 52.3 Å². The molecule has 5 heteroatoms. The zero-order chi connectivity index (χ0) is 19.1. The lowest BCUT2D eigenvalue weighted by Crippen LogP contribution is -2.32. The predicted octanol–water partition coefficient (Wildman–Crippen LogP) is 5.48. The molecule has 1 aromatic carbocycles. The van der Waals surface area contributed by atoms with Gasteiger partial charge in [-0.2, -0.15) is 0 Å². The van der Waals surface area contributed by atoms with Crippen molar-refractivity contribution in [2.45, 2.75) is 51.5 Å². The first-order valence-electron chi connectivity index (χ1n) is 9.80. The van der Waals surface area contributed by atoms with Crippen molar-refractivity contribution in [1.29, 1.82) is 0 Å². The summed E-state index contributed by atoms with van der Waals surface area (Å²) in [5.41, 5.74) is 8.95. The van der Waals surface area contributed by atoms with Gasteiger partial charge >= 0.3 is 0 Å². The number of hydrogen-bond donors (Lipinski definition) is 3. The Bertz CT molecular complexity index is 842. The number of benzene rings is 1. The van der Waals surface area contributed by atoms with E-state index < -0.39 is 0 Å². The van der Waals surface area contributed by atoms with Crippen LogP contribution in [0, 0.1) is 6.92 Å². The Hall–Kier alpha value is -2.11. The van der Waals surface area contributed by atoms with Crippen molar-refractivity contribution in [3.8, 4) is 0 Å². The second-order valence-corrected chi connectivity index (χ2v) is 8.23. The molecule has 1 saturated carbocycles. The smallest absolute Gasteiger partial charge is 0.0860 e. The van der Waals surface area contributed by atoms with Gasteiger partial charge in [0.15, 0.2) is 0 Å². The lowest BCUT2D eigenvalue weighted by molar-refractivity contribution is 0.349. The van der Waals surface area contributed by atoms with E-state index in [1.54, 1.807) is 11.3 Å². The van der Waals surface area contributed by atoms with Crippen molar-refractivity contribution >= 4 is 34.3 Å². The van der Waals surface area contributed by atoms with Crippen molar-refractivity contribution < 1.29 is 0 Å². The standard InChI is InChI=1S/C17H24N4.C5H6S/c1-2-19-13-5-3-12(4-6-13)16-10-20-17-8-7-14(21-11-18)9-15(16)17;1-5-3-2-4-6-5/h7-13,19-20H,2-6H2,1H3,(H2,18,21);2-4H,1H3. The van der Waals surface area contributed by atoms with Gasteiger partial charge in [0.05, 0.1) is 12.0 Å². The summed E-state index contributed by atoms with van der Waals surface area (Å²) in [6, 6.07) is 11.1. The quantitative estimate of drug-likeness (QED) is 0.413. The molecule has 1 aliphatic carbocycles. The molecule has 0 amide bonds. The largest absolute Gasteiger partial charge is 0.390 e. The molecule has 2 aromatic heterocycles. The van der Waals surface area contributed by atoms with Crippen molar-refractivity contribution in [2.75, 3.05) is 6.54 Å². The Morgan fingerprint density at radius 1 is 1.26 bits per heavy atom. The molecule has 4 rings (SSSR count). The number of nitrogens with two attached hydrogens (primary N) is 1. The highest BCUT2D eigenvalue weighted by Crippen LogP contribution is 2.37. The third-order valence-electron chi connectivity index (χ3n) is 5.24. The third-order valence-corrected chi connectivity index (χ3v) is 6.05.